The number of halogens is 1. The van der Waals surface area contributed by atoms with Crippen molar-refractivity contribution in [2.24, 2.45) is 5.14 Å². The summed E-state index contributed by atoms with van der Waals surface area (Å²) in [5.74, 6) is -0.187. The molecule has 0 unspecified atom stereocenters. The molecule has 4 nitrogen and oxygen atoms in total. The summed E-state index contributed by atoms with van der Waals surface area (Å²) in [4.78, 5) is 11.0. The molecular formula is C8H8INO3S. The zero-order valence-corrected chi connectivity index (χ0v) is 10.3. The summed E-state index contributed by atoms with van der Waals surface area (Å²) in [6, 6.07) is 4.31. The Hall–Kier alpha value is -0.470. The zero-order valence-electron chi connectivity index (χ0n) is 7.32. The van der Waals surface area contributed by atoms with Crippen LogP contribution in [-0.4, -0.2) is 14.2 Å². The third kappa shape index (κ3) is 2.76. The summed E-state index contributed by atoms with van der Waals surface area (Å²) in [6.45, 7) is 1.37. The van der Waals surface area contributed by atoms with Gasteiger partial charge in [0, 0.05) is 9.13 Å². The minimum absolute atomic E-state index is 0.0328. The van der Waals surface area contributed by atoms with E-state index >= 15 is 0 Å². The van der Waals surface area contributed by atoms with E-state index in [0.717, 1.165) is 0 Å². The maximum absolute atomic E-state index is 11.0. The molecule has 0 radical (unpaired) electrons. The monoisotopic (exact) mass is 325 g/mol. The van der Waals surface area contributed by atoms with Crippen LogP contribution in [0.4, 0.5) is 0 Å². The van der Waals surface area contributed by atoms with E-state index in [1.165, 1.54) is 19.1 Å². The van der Waals surface area contributed by atoms with Gasteiger partial charge in [-0.15, -0.1) is 0 Å². The highest BCUT2D eigenvalue weighted by atomic mass is 127. The number of rotatable bonds is 2. The van der Waals surface area contributed by atoms with E-state index < -0.39 is 10.0 Å². The Morgan fingerprint density at radius 1 is 1.36 bits per heavy atom. The molecule has 1 aromatic rings. The molecule has 0 saturated heterocycles. The molecule has 0 aliphatic heterocycles. The molecule has 0 spiro atoms. The first kappa shape index (κ1) is 11.6. The maximum Gasteiger partial charge on any atom is 0.238 e. The molecule has 0 bridgehead atoms. The van der Waals surface area contributed by atoms with Crippen molar-refractivity contribution >= 4 is 38.4 Å². The van der Waals surface area contributed by atoms with Gasteiger partial charge in [-0.25, -0.2) is 13.6 Å². The van der Waals surface area contributed by atoms with Crippen LogP contribution in [0, 0.1) is 3.57 Å². The summed E-state index contributed by atoms with van der Waals surface area (Å²) in [5.41, 5.74) is 0.348. The van der Waals surface area contributed by atoms with Gasteiger partial charge in [-0.2, -0.15) is 0 Å². The van der Waals surface area contributed by atoms with Gasteiger partial charge in [-0.05, 0) is 47.7 Å². The van der Waals surface area contributed by atoms with Crippen molar-refractivity contribution in [2.75, 3.05) is 0 Å². The van der Waals surface area contributed by atoms with Crippen LogP contribution in [0.25, 0.3) is 0 Å². The van der Waals surface area contributed by atoms with Gasteiger partial charge < -0.3 is 0 Å². The second kappa shape index (κ2) is 3.95. The van der Waals surface area contributed by atoms with Gasteiger partial charge in [-0.1, -0.05) is 0 Å². The molecule has 0 atom stereocenters. The predicted molar refractivity (Wildman–Crippen MR) is 60.5 cm³/mol. The molecule has 0 aliphatic rings. The molecular weight excluding hydrogens is 317 g/mol. The number of hydrogen-bond donors (Lipinski definition) is 1. The number of ketones is 1. The third-order valence-electron chi connectivity index (χ3n) is 1.61. The quantitative estimate of drug-likeness (QED) is 0.654. The summed E-state index contributed by atoms with van der Waals surface area (Å²) in [7, 11) is -3.74. The molecule has 14 heavy (non-hydrogen) atoms. The Balaban J connectivity index is 3.43. The zero-order chi connectivity index (χ0) is 10.9. The molecule has 2 N–H and O–H groups in total. The van der Waals surface area contributed by atoms with Crippen molar-refractivity contribution in [3.63, 3.8) is 0 Å². The lowest BCUT2D eigenvalue weighted by atomic mass is 10.2. The highest BCUT2D eigenvalue weighted by molar-refractivity contribution is 14.1. The van der Waals surface area contributed by atoms with Crippen molar-refractivity contribution in [1.82, 2.24) is 0 Å². The van der Waals surface area contributed by atoms with Crippen LogP contribution >= 0.6 is 22.6 Å². The molecule has 0 amide bonds. The lowest BCUT2D eigenvalue weighted by Crippen LogP contribution is -2.13. The highest BCUT2D eigenvalue weighted by Crippen LogP contribution is 2.16. The van der Waals surface area contributed by atoms with Crippen LogP contribution in [-0.2, 0) is 10.0 Å². The minimum Gasteiger partial charge on any atom is -0.295 e. The largest absolute Gasteiger partial charge is 0.295 e. The van der Waals surface area contributed by atoms with Crippen LogP contribution < -0.4 is 5.14 Å². The number of primary sulfonamides is 1. The molecule has 0 aromatic heterocycles. The minimum atomic E-state index is -3.74. The molecule has 1 aromatic carbocycles. The lowest BCUT2D eigenvalue weighted by molar-refractivity contribution is 0.101. The van der Waals surface area contributed by atoms with Crippen molar-refractivity contribution in [3.8, 4) is 0 Å². The van der Waals surface area contributed by atoms with Crippen LogP contribution in [0.3, 0.4) is 0 Å². The van der Waals surface area contributed by atoms with Gasteiger partial charge in [0.05, 0.1) is 4.90 Å². The predicted octanol–water partition coefficient (Wildman–Crippen LogP) is 1.14. The second-order valence-electron chi connectivity index (χ2n) is 2.78. The fourth-order valence-electron chi connectivity index (χ4n) is 0.930. The highest BCUT2D eigenvalue weighted by Gasteiger charge is 2.11. The van der Waals surface area contributed by atoms with E-state index in [1.807, 2.05) is 22.6 Å². The number of carbonyl (C=O) groups is 1. The van der Waals surface area contributed by atoms with Gasteiger partial charge in [-0.3, -0.25) is 4.79 Å². The molecule has 1 rings (SSSR count). The van der Waals surface area contributed by atoms with Gasteiger partial charge in [0.2, 0.25) is 10.0 Å². The van der Waals surface area contributed by atoms with Crippen LogP contribution in [0.15, 0.2) is 23.1 Å². The van der Waals surface area contributed by atoms with Crippen LogP contribution in [0.1, 0.15) is 17.3 Å². The Labute approximate surface area is 95.7 Å². The number of nitrogens with two attached hydrogens (primary N) is 1. The Kier molecular flexibility index (Phi) is 3.28. The fourth-order valence-corrected chi connectivity index (χ4v) is 2.40. The normalized spacial score (nSPS) is 11.4. The number of sulfonamides is 1. The first-order chi connectivity index (χ1) is 6.30. The van der Waals surface area contributed by atoms with Gasteiger partial charge >= 0.3 is 0 Å². The average molecular weight is 325 g/mol. The number of benzene rings is 1. The van der Waals surface area contributed by atoms with E-state index in [2.05, 4.69) is 0 Å². The molecule has 76 valence electrons. The van der Waals surface area contributed by atoms with E-state index in [0.29, 0.717) is 9.13 Å². The summed E-state index contributed by atoms with van der Waals surface area (Å²) in [5, 5.41) is 4.95. The first-order valence-electron chi connectivity index (χ1n) is 3.65. The van der Waals surface area contributed by atoms with E-state index in [4.69, 9.17) is 5.14 Å². The summed E-state index contributed by atoms with van der Waals surface area (Å²) >= 11 is 1.93. The molecule has 6 heteroatoms. The third-order valence-corrected chi connectivity index (χ3v) is 3.12. The molecule has 0 fully saturated rings. The van der Waals surface area contributed by atoms with Crippen molar-refractivity contribution in [2.45, 2.75) is 11.8 Å². The number of Topliss-reactive ketones (excluding diaryl/α,β-unsaturated/α-hetero) is 1. The molecule has 0 aliphatic carbocycles. The van der Waals surface area contributed by atoms with E-state index in [1.54, 1.807) is 6.07 Å². The van der Waals surface area contributed by atoms with Crippen molar-refractivity contribution < 1.29 is 13.2 Å². The second-order valence-corrected chi connectivity index (χ2v) is 5.58. The summed E-state index contributed by atoms with van der Waals surface area (Å²) in [6.07, 6.45) is 0. The lowest BCUT2D eigenvalue weighted by Gasteiger charge is -2.02. The van der Waals surface area contributed by atoms with E-state index in [-0.39, 0.29) is 10.7 Å². The van der Waals surface area contributed by atoms with Gasteiger partial charge in [0.1, 0.15) is 0 Å². The summed E-state index contributed by atoms with van der Waals surface area (Å²) < 4.78 is 22.7. The Bertz CT molecular complexity index is 481. The Morgan fingerprint density at radius 2 is 1.93 bits per heavy atom. The van der Waals surface area contributed by atoms with Gasteiger partial charge in [0.25, 0.3) is 0 Å². The standard InChI is InChI=1S/C8H8INO3S/c1-5(11)6-2-7(9)4-8(3-6)14(10,12)13/h2-4H,1H3,(H2,10,12,13). The number of carbonyl (C=O) groups excluding carboxylic acids is 1. The maximum atomic E-state index is 11.0. The average Bonchev–Trinajstić information content (AvgIpc) is 2.01. The van der Waals surface area contributed by atoms with Crippen molar-refractivity contribution in [3.05, 3.63) is 27.3 Å². The fraction of sp³-hybridized carbons (Fsp3) is 0.125. The Morgan fingerprint density at radius 3 is 2.36 bits per heavy atom. The SMILES string of the molecule is CC(=O)c1cc(I)cc(S(N)(=O)=O)c1. The van der Waals surface area contributed by atoms with E-state index in [9.17, 15) is 13.2 Å². The molecule has 0 saturated carbocycles. The van der Waals surface area contributed by atoms with Crippen LogP contribution in [0.2, 0.25) is 0 Å². The number of hydrogen-bond acceptors (Lipinski definition) is 3. The molecule has 0 heterocycles. The topological polar surface area (TPSA) is 77.2 Å². The van der Waals surface area contributed by atoms with Crippen molar-refractivity contribution in [1.29, 1.82) is 0 Å². The smallest absolute Gasteiger partial charge is 0.238 e. The van der Waals surface area contributed by atoms with Crippen LogP contribution in [0.5, 0.6) is 0 Å². The van der Waals surface area contributed by atoms with Gasteiger partial charge in [0.15, 0.2) is 5.78 Å². The first-order valence-corrected chi connectivity index (χ1v) is 6.27.